The van der Waals surface area contributed by atoms with E-state index in [1.54, 1.807) is 18.2 Å². The molecule has 0 N–H and O–H groups in total. The van der Waals surface area contributed by atoms with Gasteiger partial charge in [-0.1, -0.05) is 23.2 Å². The summed E-state index contributed by atoms with van der Waals surface area (Å²) in [5.41, 5.74) is -0.559. The highest BCUT2D eigenvalue weighted by atomic mass is 35.5. The Morgan fingerprint density at radius 2 is 1.90 bits per heavy atom. The lowest BCUT2D eigenvalue weighted by Gasteiger charge is -2.11. The standard InChI is InChI=1S/C14H12Cl2N2O3/c1-8(19)11-7-18(14(21)17(2)13(11)20)6-9-5-10(15)3-4-12(9)16/h3-5,7H,6H2,1-2H3. The number of aromatic nitrogens is 2. The maximum absolute atomic E-state index is 12.1. The van der Waals surface area contributed by atoms with Gasteiger partial charge in [-0.3, -0.25) is 18.7 Å². The van der Waals surface area contributed by atoms with Crippen LogP contribution >= 0.6 is 23.2 Å². The Morgan fingerprint density at radius 3 is 2.52 bits per heavy atom. The predicted molar refractivity (Wildman–Crippen MR) is 81.5 cm³/mol. The second-order valence-corrected chi connectivity index (χ2v) is 5.45. The molecule has 1 aromatic carbocycles. The minimum atomic E-state index is -0.610. The number of hydrogen-bond acceptors (Lipinski definition) is 3. The normalized spacial score (nSPS) is 10.7. The van der Waals surface area contributed by atoms with E-state index in [-0.39, 0.29) is 12.1 Å². The van der Waals surface area contributed by atoms with Crippen molar-refractivity contribution < 1.29 is 4.79 Å². The van der Waals surface area contributed by atoms with Crippen LogP contribution in [0.15, 0.2) is 34.0 Å². The van der Waals surface area contributed by atoms with Crippen LogP contribution in [0.25, 0.3) is 0 Å². The number of nitrogens with zero attached hydrogens (tertiary/aromatic N) is 2. The highest BCUT2D eigenvalue weighted by Gasteiger charge is 2.13. The Labute approximate surface area is 130 Å². The molecule has 0 saturated heterocycles. The van der Waals surface area contributed by atoms with Crippen LogP contribution in [-0.4, -0.2) is 14.9 Å². The van der Waals surface area contributed by atoms with Crippen molar-refractivity contribution in [2.45, 2.75) is 13.5 Å². The molecule has 110 valence electrons. The molecule has 2 aromatic rings. The molecule has 1 heterocycles. The Kier molecular flexibility index (Phi) is 4.34. The van der Waals surface area contributed by atoms with E-state index in [0.717, 1.165) is 4.57 Å². The molecule has 0 aliphatic heterocycles. The smallest absolute Gasteiger partial charge is 0.295 e. The average molecular weight is 327 g/mol. The van der Waals surface area contributed by atoms with Gasteiger partial charge in [-0.25, -0.2) is 4.79 Å². The maximum Gasteiger partial charge on any atom is 0.331 e. The molecule has 2 rings (SSSR count). The van der Waals surface area contributed by atoms with Crippen molar-refractivity contribution in [2.75, 3.05) is 0 Å². The minimum Gasteiger partial charge on any atom is -0.295 e. The Balaban J connectivity index is 2.60. The molecule has 0 amide bonds. The second kappa shape index (κ2) is 5.87. The Hall–Kier alpha value is -1.85. The highest BCUT2D eigenvalue weighted by Crippen LogP contribution is 2.21. The SMILES string of the molecule is CC(=O)c1cn(Cc2cc(Cl)ccc2Cl)c(=O)n(C)c1=O. The fraction of sp³-hybridized carbons (Fsp3) is 0.214. The van der Waals surface area contributed by atoms with E-state index in [9.17, 15) is 14.4 Å². The van der Waals surface area contributed by atoms with Crippen molar-refractivity contribution in [1.29, 1.82) is 0 Å². The van der Waals surface area contributed by atoms with Crippen LogP contribution in [0, 0.1) is 0 Å². The molecule has 0 aliphatic carbocycles. The summed E-state index contributed by atoms with van der Waals surface area (Å²) in [5, 5.41) is 0.934. The predicted octanol–water partition coefficient (Wildman–Crippen LogP) is 2.10. The van der Waals surface area contributed by atoms with E-state index in [4.69, 9.17) is 23.2 Å². The lowest BCUT2D eigenvalue weighted by atomic mass is 10.2. The topological polar surface area (TPSA) is 61.1 Å². The first-order chi connectivity index (χ1) is 9.81. The molecule has 0 unspecified atom stereocenters. The van der Waals surface area contributed by atoms with Gasteiger partial charge >= 0.3 is 5.69 Å². The van der Waals surface area contributed by atoms with E-state index in [2.05, 4.69) is 0 Å². The number of benzene rings is 1. The van der Waals surface area contributed by atoms with Crippen LogP contribution < -0.4 is 11.2 Å². The van der Waals surface area contributed by atoms with Crippen LogP contribution in [-0.2, 0) is 13.6 Å². The quantitative estimate of drug-likeness (QED) is 0.811. The molecule has 0 bridgehead atoms. The van der Waals surface area contributed by atoms with E-state index >= 15 is 0 Å². The summed E-state index contributed by atoms with van der Waals surface area (Å²) >= 11 is 12.0. The van der Waals surface area contributed by atoms with E-state index in [1.807, 2.05) is 0 Å². The van der Waals surface area contributed by atoms with Gasteiger partial charge in [0.05, 0.1) is 12.1 Å². The third-order valence-electron chi connectivity index (χ3n) is 3.08. The van der Waals surface area contributed by atoms with Gasteiger partial charge in [0.2, 0.25) is 0 Å². The van der Waals surface area contributed by atoms with Crippen LogP contribution in [0.1, 0.15) is 22.8 Å². The summed E-state index contributed by atoms with van der Waals surface area (Å²) in [6, 6.07) is 4.89. The minimum absolute atomic E-state index is 0.0461. The van der Waals surface area contributed by atoms with Crippen LogP contribution in [0.5, 0.6) is 0 Å². The number of Topliss-reactive ketones (excluding diaryl/α,β-unsaturated/α-hetero) is 1. The summed E-state index contributed by atoms with van der Waals surface area (Å²) in [6.45, 7) is 1.39. The van der Waals surface area contributed by atoms with Crippen molar-refractivity contribution in [3.63, 3.8) is 0 Å². The number of ketones is 1. The monoisotopic (exact) mass is 326 g/mol. The van der Waals surface area contributed by atoms with E-state index < -0.39 is 17.0 Å². The third-order valence-corrected chi connectivity index (χ3v) is 3.68. The molecule has 7 heteroatoms. The molecule has 0 atom stereocenters. The van der Waals surface area contributed by atoms with Gasteiger partial charge in [-0.05, 0) is 30.7 Å². The molecule has 0 saturated carbocycles. The number of hydrogen-bond donors (Lipinski definition) is 0. The number of halogens is 2. The lowest BCUT2D eigenvalue weighted by Crippen LogP contribution is -2.40. The van der Waals surface area contributed by atoms with Crippen molar-refractivity contribution in [3.8, 4) is 0 Å². The summed E-state index contributed by atoms with van der Waals surface area (Å²) < 4.78 is 2.16. The third kappa shape index (κ3) is 3.09. The molecular formula is C14H12Cl2N2O3. The number of rotatable bonds is 3. The lowest BCUT2D eigenvalue weighted by molar-refractivity contribution is 0.101. The van der Waals surface area contributed by atoms with Crippen molar-refractivity contribution in [1.82, 2.24) is 9.13 Å². The first-order valence-electron chi connectivity index (χ1n) is 6.06. The van der Waals surface area contributed by atoms with Crippen molar-refractivity contribution in [2.24, 2.45) is 7.05 Å². The van der Waals surface area contributed by atoms with Gasteiger partial charge in [0.1, 0.15) is 0 Å². The Morgan fingerprint density at radius 1 is 1.24 bits per heavy atom. The summed E-state index contributed by atoms with van der Waals surface area (Å²) in [5.74, 6) is -0.401. The molecule has 0 aliphatic rings. The van der Waals surface area contributed by atoms with Crippen molar-refractivity contribution >= 4 is 29.0 Å². The zero-order valence-electron chi connectivity index (χ0n) is 11.4. The highest BCUT2D eigenvalue weighted by molar-refractivity contribution is 6.33. The Bertz CT molecular complexity index is 837. The largest absolute Gasteiger partial charge is 0.331 e. The first-order valence-corrected chi connectivity index (χ1v) is 6.82. The van der Waals surface area contributed by atoms with Gasteiger partial charge in [-0.15, -0.1) is 0 Å². The molecule has 1 aromatic heterocycles. The summed E-state index contributed by atoms with van der Waals surface area (Å²) in [4.78, 5) is 35.4. The summed E-state index contributed by atoms with van der Waals surface area (Å²) in [6.07, 6.45) is 1.25. The number of carbonyl (C=O) groups excluding carboxylic acids is 1. The van der Waals surface area contributed by atoms with Crippen LogP contribution in [0.4, 0.5) is 0 Å². The van der Waals surface area contributed by atoms with Gasteiger partial charge in [0, 0.05) is 23.3 Å². The number of carbonyl (C=O) groups is 1. The van der Waals surface area contributed by atoms with Crippen LogP contribution in [0.3, 0.4) is 0 Å². The van der Waals surface area contributed by atoms with Gasteiger partial charge in [-0.2, -0.15) is 0 Å². The molecule has 0 spiro atoms. The van der Waals surface area contributed by atoms with E-state index in [1.165, 1.54) is 24.7 Å². The van der Waals surface area contributed by atoms with E-state index in [0.29, 0.717) is 15.6 Å². The van der Waals surface area contributed by atoms with Crippen molar-refractivity contribution in [3.05, 3.63) is 66.4 Å². The zero-order valence-corrected chi connectivity index (χ0v) is 12.9. The summed E-state index contributed by atoms with van der Waals surface area (Å²) in [7, 11) is 1.33. The molecule has 5 nitrogen and oxygen atoms in total. The van der Waals surface area contributed by atoms with Gasteiger partial charge in [0.15, 0.2) is 5.78 Å². The zero-order chi connectivity index (χ0) is 15.7. The maximum atomic E-state index is 12.1. The average Bonchev–Trinajstić information content (AvgIpc) is 2.43. The molecule has 21 heavy (non-hydrogen) atoms. The molecule has 0 radical (unpaired) electrons. The first kappa shape index (κ1) is 15.5. The molecule has 0 fully saturated rings. The van der Waals surface area contributed by atoms with Gasteiger partial charge in [0.25, 0.3) is 5.56 Å². The van der Waals surface area contributed by atoms with Crippen LogP contribution in [0.2, 0.25) is 10.0 Å². The molecular weight excluding hydrogens is 315 g/mol. The second-order valence-electron chi connectivity index (χ2n) is 4.61. The fourth-order valence-corrected chi connectivity index (χ4v) is 2.30. The van der Waals surface area contributed by atoms with Gasteiger partial charge < -0.3 is 0 Å². The fourth-order valence-electron chi connectivity index (χ4n) is 1.93.